The number of hydrogen-bond acceptors (Lipinski definition) is 8. The van der Waals surface area contributed by atoms with Crippen LogP contribution in [0.3, 0.4) is 0 Å². The fourth-order valence-electron chi connectivity index (χ4n) is 2.29. The van der Waals surface area contributed by atoms with Crippen LogP contribution in [0.15, 0.2) is 53.5 Å². The molecule has 2 heterocycles. The molecule has 0 radical (unpaired) electrons. The van der Waals surface area contributed by atoms with Gasteiger partial charge >= 0.3 is 0 Å². The van der Waals surface area contributed by atoms with Gasteiger partial charge < -0.3 is 16.8 Å². The molecule has 0 saturated heterocycles. The lowest BCUT2D eigenvalue weighted by molar-refractivity contribution is 0.102. The van der Waals surface area contributed by atoms with Gasteiger partial charge in [-0.2, -0.15) is 0 Å². The molecule has 0 aliphatic rings. The third-order valence-electron chi connectivity index (χ3n) is 3.65. The van der Waals surface area contributed by atoms with E-state index in [1.807, 2.05) is 6.07 Å². The fourth-order valence-corrected chi connectivity index (χ4v) is 2.91. The van der Waals surface area contributed by atoms with Gasteiger partial charge in [-0.25, -0.2) is 4.98 Å². The Hall–Kier alpha value is -3.59. The minimum atomic E-state index is -0.412. The molecule has 0 aliphatic carbocycles. The van der Waals surface area contributed by atoms with Gasteiger partial charge in [-0.05, 0) is 17.7 Å². The van der Waals surface area contributed by atoms with Crippen LogP contribution in [-0.2, 0) is 0 Å². The van der Waals surface area contributed by atoms with E-state index in [4.69, 9.17) is 11.5 Å². The molecule has 0 aliphatic heterocycles. The summed E-state index contributed by atoms with van der Waals surface area (Å²) < 4.78 is 0. The quantitative estimate of drug-likeness (QED) is 0.461. The summed E-state index contributed by atoms with van der Waals surface area (Å²) in [6.45, 7) is 0. The van der Waals surface area contributed by atoms with Crippen LogP contribution in [0.2, 0.25) is 0 Å². The lowest BCUT2D eigenvalue weighted by Crippen LogP contribution is -2.15. The summed E-state index contributed by atoms with van der Waals surface area (Å²) in [5.41, 5.74) is 16.4. The highest BCUT2D eigenvalue weighted by molar-refractivity contribution is 7.13. The number of amides is 1. The molecule has 1 amide bonds. The Labute approximate surface area is 159 Å². The fraction of sp³-hybridized carbons (Fsp3) is 0.0556. The maximum atomic E-state index is 12.5. The second-order valence-corrected chi connectivity index (χ2v) is 6.30. The van der Waals surface area contributed by atoms with Crippen LogP contribution in [-0.4, -0.2) is 34.1 Å². The predicted molar refractivity (Wildman–Crippen MR) is 109 cm³/mol. The van der Waals surface area contributed by atoms with Gasteiger partial charge in [0.25, 0.3) is 5.91 Å². The van der Waals surface area contributed by atoms with Gasteiger partial charge in [-0.1, -0.05) is 6.07 Å². The minimum absolute atomic E-state index is 0.158. The summed E-state index contributed by atoms with van der Waals surface area (Å²) in [5, 5.41) is 2.77. The predicted octanol–water partition coefficient (Wildman–Crippen LogP) is 2.43. The molecule has 27 heavy (non-hydrogen) atoms. The monoisotopic (exact) mass is 379 g/mol. The van der Waals surface area contributed by atoms with Crippen molar-refractivity contribution in [3.05, 3.63) is 59.9 Å². The average Bonchev–Trinajstić information content (AvgIpc) is 3.23. The van der Waals surface area contributed by atoms with E-state index in [1.165, 1.54) is 29.9 Å². The van der Waals surface area contributed by atoms with E-state index in [1.54, 1.807) is 37.1 Å². The van der Waals surface area contributed by atoms with E-state index in [-0.39, 0.29) is 5.69 Å². The third-order valence-corrected chi connectivity index (χ3v) is 4.47. The van der Waals surface area contributed by atoms with Crippen molar-refractivity contribution in [2.75, 3.05) is 18.1 Å². The molecule has 5 N–H and O–H groups in total. The van der Waals surface area contributed by atoms with E-state index in [2.05, 4.69) is 25.3 Å². The molecule has 3 rings (SSSR count). The Morgan fingerprint density at radius 3 is 2.63 bits per heavy atom. The van der Waals surface area contributed by atoms with Gasteiger partial charge in [0.15, 0.2) is 0 Å². The Bertz CT molecular complexity index is 995. The van der Waals surface area contributed by atoms with Gasteiger partial charge in [0.1, 0.15) is 5.69 Å². The number of nitrogens with zero attached hydrogens (tertiary/aromatic N) is 4. The molecule has 1 aromatic carbocycles. The van der Waals surface area contributed by atoms with E-state index in [0.717, 1.165) is 10.4 Å². The summed E-state index contributed by atoms with van der Waals surface area (Å²) in [6.07, 6.45) is 7.54. The number of nitrogens with one attached hydrogen (secondary N) is 1. The van der Waals surface area contributed by atoms with Crippen molar-refractivity contribution in [1.29, 1.82) is 0 Å². The molecular weight excluding hydrogens is 362 g/mol. The van der Waals surface area contributed by atoms with Crippen LogP contribution >= 0.6 is 11.3 Å². The van der Waals surface area contributed by atoms with Crippen molar-refractivity contribution in [2.45, 2.75) is 0 Å². The van der Waals surface area contributed by atoms with E-state index >= 15 is 0 Å². The van der Waals surface area contributed by atoms with Gasteiger partial charge in [-0.15, -0.1) is 11.3 Å². The van der Waals surface area contributed by atoms with Crippen LogP contribution in [0.1, 0.15) is 16.2 Å². The number of rotatable bonds is 5. The van der Waals surface area contributed by atoms with Gasteiger partial charge in [0, 0.05) is 31.2 Å². The first-order chi connectivity index (χ1) is 13.1. The highest BCUT2D eigenvalue weighted by Gasteiger charge is 2.12. The van der Waals surface area contributed by atoms with Crippen LogP contribution in [0.5, 0.6) is 0 Å². The van der Waals surface area contributed by atoms with Gasteiger partial charge in [-0.3, -0.25) is 19.8 Å². The Morgan fingerprint density at radius 2 is 2.00 bits per heavy atom. The molecule has 9 heteroatoms. The lowest BCUT2D eigenvalue weighted by atomic mass is 10.1. The van der Waals surface area contributed by atoms with E-state index in [0.29, 0.717) is 22.6 Å². The molecule has 136 valence electrons. The summed E-state index contributed by atoms with van der Waals surface area (Å²) in [5.74, 6) is -0.412. The summed E-state index contributed by atoms with van der Waals surface area (Å²) in [4.78, 5) is 29.8. The number of anilines is 2. The molecule has 0 fully saturated rings. The highest BCUT2D eigenvalue weighted by Crippen LogP contribution is 2.29. The second kappa shape index (κ2) is 8.19. The zero-order valence-electron chi connectivity index (χ0n) is 14.5. The first-order valence-corrected chi connectivity index (χ1v) is 8.76. The van der Waals surface area contributed by atoms with E-state index in [9.17, 15) is 4.79 Å². The van der Waals surface area contributed by atoms with Gasteiger partial charge in [0.05, 0.1) is 39.9 Å². The first-order valence-electron chi connectivity index (χ1n) is 7.88. The number of carbonyl (C=O) groups is 1. The highest BCUT2D eigenvalue weighted by atomic mass is 32.1. The van der Waals surface area contributed by atoms with Crippen molar-refractivity contribution in [3.8, 4) is 10.4 Å². The molecule has 0 saturated carbocycles. The third kappa shape index (κ3) is 4.15. The number of nitrogens with two attached hydrogens (primary N) is 2. The van der Waals surface area contributed by atoms with Crippen LogP contribution in [0.4, 0.5) is 11.4 Å². The number of aromatic nitrogens is 3. The smallest absolute Gasteiger partial charge is 0.275 e. The number of nitrogen functional groups attached to an aromatic ring is 1. The first kappa shape index (κ1) is 18.2. The van der Waals surface area contributed by atoms with Crippen molar-refractivity contribution in [3.63, 3.8) is 0 Å². The summed E-state index contributed by atoms with van der Waals surface area (Å²) >= 11 is 1.50. The number of allylic oxidation sites excluding steroid dienone is 1. The molecule has 3 aromatic rings. The van der Waals surface area contributed by atoms with E-state index < -0.39 is 5.91 Å². The largest absolute Gasteiger partial charge is 0.404 e. The molecular formula is C18H17N7OS. The number of aliphatic imine (C=N–C) groups is 1. The topological polar surface area (TPSA) is 132 Å². The normalized spacial score (nSPS) is 11.7. The van der Waals surface area contributed by atoms with Crippen molar-refractivity contribution >= 4 is 40.4 Å². The van der Waals surface area contributed by atoms with Crippen LogP contribution < -0.4 is 16.8 Å². The molecule has 2 aromatic heterocycles. The molecule has 0 atom stereocenters. The molecule has 0 unspecified atom stereocenters. The van der Waals surface area contributed by atoms with Crippen LogP contribution in [0.25, 0.3) is 16.0 Å². The zero-order chi connectivity index (χ0) is 19.2. The standard InChI is InChI=1S/C18H17N7OS/c1-21-6-12(5-19)15-7-24-16(8-23-15)18(26)25-14-4-11(2-3-13(14)20)17-9-22-10-27-17/h2-10H,19-20H2,1H3,(H,25,26)/b12-5+,21-6?. The molecule has 0 spiro atoms. The zero-order valence-corrected chi connectivity index (χ0v) is 15.3. The SMILES string of the molecule is CN=C/C(=C\N)c1cnc(C(=O)Nc2cc(-c3cncs3)ccc2N)cn1. The van der Waals surface area contributed by atoms with Gasteiger partial charge in [0.2, 0.25) is 0 Å². The molecule has 0 bridgehead atoms. The minimum Gasteiger partial charge on any atom is -0.404 e. The van der Waals surface area contributed by atoms with Crippen molar-refractivity contribution in [1.82, 2.24) is 15.0 Å². The van der Waals surface area contributed by atoms with Crippen LogP contribution in [0, 0.1) is 0 Å². The maximum absolute atomic E-state index is 12.5. The number of benzene rings is 1. The average molecular weight is 379 g/mol. The number of thiazole rings is 1. The summed E-state index contributed by atoms with van der Waals surface area (Å²) in [7, 11) is 1.63. The maximum Gasteiger partial charge on any atom is 0.275 e. The number of hydrogen-bond donors (Lipinski definition) is 3. The second-order valence-electron chi connectivity index (χ2n) is 5.42. The Morgan fingerprint density at radius 1 is 1.22 bits per heavy atom. The van der Waals surface area contributed by atoms with Crippen molar-refractivity contribution in [2.24, 2.45) is 10.7 Å². The summed E-state index contributed by atoms with van der Waals surface area (Å²) in [6, 6.07) is 5.42. The molecule has 8 nitrogen and oxygen atoms in total. The Balaban J connectivity index is 1.80. The Kier molecular flexibility index (Phi) is 5.53. The van der Waals surface area contributed by atoms with Crippen molar-refractivity contribution < 1.29 is 4.79 Å². The number of carbonyl (C=O) groups excluding carboxylic acids is 1. The lowest BCUT2D eigenvalue weighted by Gasteiger charge is -2.09.